The molecule has 1 heterocycles. The SMILES string of the molecule is NCC1CCN(C(=O)/C=C/c2ccccc2Br)CC1. The van der Waals surface area contributed by atoms with E-state index in [4.69, 9.17) is 5.73 Å². The molecule has 2 N–H and O–H groups in total. The minimum absolute atomic E-state index is 0.0891. The molecule has 1 fully saturated rings. The highest BCUT2D eigenvalue weighted by molar-refractivity contribution is 9.10. The second-order valence-electron chi connectivity index (χ2n) is 4.86. The Balaban J connectivity index is 1.93. The maximum absolute atomic E-state index is 12.1. The third-order valence-electron chi connectivity index (χ3n) is 3.57. The Hall–Kier alpha value is -1.13. The molecule has 0 aromatic heterocycles. The summed E-state index contributed by atoms with van der Waals surface area (Å²) in [6.07, 6.45) is 5.56. The molecule has 1 amide bonds. The lowest BCUT2D eigenvalue weighted by Gasteiger charge is -2.30. The molecule has 1 saturated heterocycles. The normalized spacial score (nSPS) is 17.1. The van der Waals surface area contributed by atoms with Crippen molar-refractivity contribution >= 4 is 27.9 Å². The monoisotopic (exact) mass is 322 g/mol. The smallest absolute Gasteiger partial charge is 0.246 e. The number of likely N-dealkylation sites (tertiary alicyclic amines) is 1. The minimum atomic E-state index is 0.0891. The molecule has 0 radical (unpaired) electrons. The van der Waals surface area contributed by atoms with Gasteiger partial charge in [-0.2, -0.15) is 0 Å². The lowest BCUT2D eigenvalue weighted by atomic mass is 9.97. The van der Waals surface area contributed by atoms with Crippen molar-refractivity contribution in [2.24, 2.45) is 11.7 Å². The molecule has 0 unspecified atom stereocenters. The van der Waals surface area contributed by atoms with Crippen LogP contribution in [0.3, 0.4) is 0 Å². The van der Waals surface area contributed by atoms with Gasteiger partial charge in [0.25, 0.3) is 0 Å². The van der Waals surface area contributed by atoms with Gasteiger partial charge in [-0.25, -0.2) is 0 Å². The van der Waals surface area contributed by atoms with Gasteiger partial charge in [0, 0.05) is 23.6 Å². The van der Waals surface area contributed by atoms with Crippen LogP contribution in [0.5, 0.6) is 0 Å². The fraction of sp³-hybridized carbons (Fsp3) is 0.400. The van der Waals surface area contributed by atoms with Crippen molar-refractivity contribution in [1.29, 1.82) is 0 Å². The third kappa shape index (κ3) is 3.91. The average molecular weight is 323 g/mol. The van der Waals surface area contributed by atoms with E-state index in [2.05, 4.69) is 15.9 Å². The number of piperidine rings is 1. The minimum Gasteiger partial charge on any atom is -0.339 e. The lowest BCUT2D eigenvalue weighted by Crippen LogP contribution is -2.39. The van der Waals surface area contributed by atoms with Gasteiger partial charge in [0.05, 0.1) is 0 Å². The summed E-state index contributed by atoms with van der Waals surface area (Å²) in [6.45, 7) is 2.37. The molecule has 1 aliphatic heterocycles. The highest BCUT2D eigenvalue weighted by Gasteiger charge is 2.20. The first-order chi connectivity index (χ1) is 9.20. The zero-order valence-electron chi connectivity index (χ0n) is 10.9. The second-order valence-corrected chi connectivity index (χ2v) is 5.71. The molecule has 0 aliphatic carbocycles. The number of halogens is 1. The Morgan fingerprint density at radius 2 is 2.05 bits per heavy atom. The van der Waals surface area contributed by atoms with E-state index in [9.17, 15) is 4.79 Å². The zero-order chi connectivity index (χ0) is 13.7. The van der Waals surface area contributed by atoms with Crippen molar-refractivity contribution in [2.45, 2.75) is 12.8 Å². The summed E-state index contributed by atoms with van der Waals surface area (Å²) in [7, 11) is 0. The molecule has 0 bridgehead atoms. The zero-order valence-corrected chi connectivity index (χ0v) is 12.5. The van der Waals surface area contributed by atoms with Crippen LogP contribution in [0.1, 0.15) is 18.4 Å². The number of nitrogens with zero attached hydrogens (tertiary/aromatic N) is 1. The summed E-state index contributed by atoms with van der Waals surface area (Å²) in [5.74, 6) is 0.669. The van der Waals surface area contributed by atoms with E-state index in [1.165, 1.54) is 0 Å². The van der Waals surface area contributed by atoms with Crippen LogP contribution in [0.25, 0.3) is 6.08 Å². The average Bonchev–Trinajstić information content (AvgIpc) is 2.46. The molecule has 2 rings (SSSR count). The summed E-state index contributed by atoms with van der Waals surface area (Å²) < 4.78 is 1.00. The van der Waals surface area contributed by atoms with E-state index < -0.39 is 0 Å². The molecule has 0 spiro atoms. The van der Waals surface area contributed by atoms with Crippen LogP contribution < -0.4 is 5.73 Å². The van der Waals surface area contributed by atoms with Gasteiger partial charge in [0.2, 0.25) is 5.91 Å². The number of hydrogen-bond acceptors (Lipinski definition) is 2. The molecule has 0 saturated carbocycles. The Labute approximate surface area is 122 Å². The maximum Gasteiger partial charge on any atom is 0.246 e. The van der Waals surface area contributed by atoms with E-state index in [1.54, 1.807) is 6.08 Å². The highest BCUT2D eigenvalue weighted by atomic mass is 79.9. The van der Waals surface area contributed by atoms with Crippen molar-refractivity contribution in [3.05, 3.63) is 40.4 Å². The number of amides is 1. The van der Waals surface area contributed by atoms with Crippen LogP contribution in [-0.2, 0) is 4.79 Å². The molecule has 1 aromatic rings. The first kappa shape index (κ1) is 14.3. The van der Waals surface area contributed by atoms with E-state index in [0.717, 1.165) is 42.5 Å². The summed E-state index contributed by atoms with van der Waals surface area (Å²) in [5.41, 5.74) is 6.67. The molecule has 3 nitrogen and oxygen atoms in total. The van der Waals surface area contributed by atoms with Gasteiger partial charge in [-0.15, -0.1) is 0 Å². The van der Waals surface area contributed by atoms with Crippen LogP contribution >= 0.6 is 15.9 Å². The molecule has 1 aliphatic rings. The molecule has 102 valence electrons. The Morgan fingerprint density at radius 1 is 1.37 bits per heavy atom. The fourth-order valence-corrected chi connectivity index (χ4v) is 2.68. The third-order valence-corrected chi connectivity index (χ3v) is 4.29. The predicted octanol–water partition coefficient (Wildman–Crippen LogP) is 2.66. The van der Waals surface area contributed by atoms with Crippen LogP contribution in [0.4, 0.5) is 0 Å². The molecule has 4 heteroatoms. The van der Waals surface area contributed by atoms with Gasteiger partial charge in [-0.1, -0.05) is 34.1 Å². The fourth-order valence-electron chi connectivity index (χ4n) is 2.27. The topological polar surface area (TPSA) is 46.3 Å². The molecular weight excluding hydrogens is 304 g/mol. The number of carbonyl (C=O) groups excluding carboxylic acids is 1. The van der Waals surface area contributed by atoms with Crippen molar-refractivity contribution in [3.63, 3.8) is 0 Å². The van der Waals surface area contributed by atoms with E-state index in [0.29, 0.717) is 5.92 Å². The first-order valence-electron chi connectivity index (χ1n) is 6.62. The summed E-state index contributed by atoms with van der Waals surface area (Å²) in [5, 5.41) is 0. The van der Waals surface area contributed by atoms with Gasteiger partial charge in [-0.3, -0.25) is 4.79 Å². The van der Waals surface area contributed by atoms with Crippen molar-refractivity contribution in [2.75, 3.05) is 19.6 Å². The van der Waals surface area contributed by atoms with Crippen LogP contribution in [0.2, 0.25) is 0 Å². The summed E-state index contributed by atoms with van der Waals surface area (Å²) in [4.78, 5) is 14.0. The van der Waals surface area contributed by atoms with Crippen LogP contribution in [-0.4, -0.2) is 30.4 Å². The highest BCUT2D eigenvalue weighted by Crippen LogP contribution is 2.19. The Kier molecular flexibility index (Phi) is 5.16. The van der Waals surface area contributed by atoms with Gasteiger partial charge < -0.3 is 10.6 Å². The lowest BCUT2D eigenvalue weighted by molar-refractivity contribution is -0.127. The van der Waals surface area contributed by atoms with E-state index in [-0.39, 0.29) is 5.91 Å². The summed E-state index contributed by atoms with van der Waals surface area (Å²) in [6, 6.07) is 7.87. The standard InChI is InChI=1S/C15H19BrN2O/c16-14-4-2-1-3-13(14)5-6-15(19)18-9-7-12(11-17)8-10-18/h1-6,12H,7-11,17H2/b6-5+. The largest absolute Gasteiger partial charge is 0.339 e. The van der Waals surface area contributed by atoms with E-state index >= 15 is 0 Å². The predicted molar refractivity (Wildman–Crippen MR) is 81.5 cm³/mol. The van der Waals surface area contributed by atoms with Gasteiger partial charge >= 0.3 is 0 Å². The van der Waals surface area contributed by atoms with Crippen molar-refractivity contribution in [3.8, 4) is 0 Å². The number of benzene rings is 1. The van der Waals surface area contributed by atoms with Gasteiger partial charge in [0.1, 0.15) is 0 Å². The van der Waals surface area contributed by atoms with Gasteiger partial charge in [0.15, 0.2) is 0 Å². The van der Waals surface area contributed by atoms with Crippen LogP contribution in [0, 0.1) is 5.92 Å². The van der Waals surface area contributed by atoms with Crippen LogP contribution in [0.15, 0.2) is 34.8 Å². The van der Waals surface area contributed by atoms with Gasteiger partial charge in [-0.05, 0) is 43.0 Å². The molecule has 0 atom stereocenters. The number of hydrogen-bond donors (Lipinski definition) is 1. The molecule has 1 aromatic carbocycles. The number of nitrogens with two attached hydrogens (primary N) is 1. The van der Waals surface area contributed by atoms with Crippen molar-refractivity contribution in [1.82, 2.24) is 4.90 Å². The second kappa shape index (κ2) is 6.87. The number of rotatable bonds is 3. The first-order valence-corrected chi connectivity index (χ1v) is 7.41. The Bertz CT molecular complexity index is 465. The molecular formula is C15H19BrN2O. The quantitative estimate of drug-likeness (QED) is 0.869. The number of carbonyl (C=O) groups is 1. The van der Waals surface area contributed by atoms with E-state index in [1.807, 2.05) is 35.2 Å². The summed E-state index contributed by atoms with van der Waals surface area (Å²) >= 11 is 3.47. The molecule has 19 heavy (non-hydrogen) atoms. The van der Waals surface area contributed by atoms with Crippen molar-refractivity contribution < 1.29 is 4.79 Å². The maximum atomic E-state index is 12.1. The Morgan fingerprint density at radius 3 is 2.68 bits per heavy atom.